The molecule has 29 heavy (non-hydrogen) atoms. The number of hydrazone groups is 1. The standard InChI is InChI=1S/C19H19N5O5/c1-12(10-18(26)21-16-4-3-5-17(11-16)24(28)29)22-23-19(27)14-6-8-15(9-7-14)20-13(2)25/h3-9,11H,10H2,1-2H3,(H,20,25)(H,21,26)(H,23,27)/b22-12+. The summed E-state index contributed by atoms with van der Waals surface area (Å²) in [6, 6.07) is 11.8. The molecule has 0 saturated heterocycles. The van der Waals surface area contributed by atoms with Gasteiger partial charge in [-0.2, -0.15) is 5.10 Å². The van der Waals surface area contributed by atoms with Gasteiger partial charge in [0.2, 0.25) is 11.8 Å². The summed E-state index contributed by atoms with van der Waals surface area (Å²) in [5.41, 5.74) is 3.74. The largest absolute Gasteiger partial charge is 0.326 e. The highest BCUT2D eigenvalue weighted by atomic mass is 16.6. The number of amides is 3. The van der Waals surface area contributed by atoms with E-state index in [1.165, 1.54) is 43.3 Å². The van der Waals surface area contributed by atoms with Crippen LogP contribution in [0.3, 0.4) is 0 Å². The Hall–Kier alpha value is -4.08. The normalized spacial score (nSPS) is 10.8. The fourth-order valence-corrected chi connectivity index (χ4v) is 2.29. The van der Waals surface area contributed by atoms with Crippen LogP contribution in [0.25, 0.3) is 0 Å². The fourth-order valence-electron chi connectivity index (χ4n) is 2.29. The summed E-state index contributed by atoms with van der Waals surface area (Å²) >= 11 is 0. The van der Waals surface area contributed by atoms with E-state index in [9.17, 15) is 24.5 Å². The third-order valence-electron chi connectivity index (χ3n) is 3.57. The monoisotopic (exact) mass is 397 g/mol. The Morgan fingerprint density at radius 3 is 2.31 bits per heavy atom. The van der Waals surface area contributed by atoms with E-state index >= 15 is 0 Å². The van der Waals surface area contributed by atoms with E-state index in [4.69, 9.17) is 0 Å². The lowest BCUT2D eigenvalue weighted by Gasteiger charge is -2.06. The molecule has 2 aromatic rings. The third-order valence-corrected chi connectivity index (χ3v) is 3.57. The number of hydrogen-bond donors (Lipinski definition) is 3. The second-order valence-electron chi connectivity index (χ2n) is 6.08. The number of benzene rings is 2. The molecule has 3 N–H and O–H groups in total. The lowest BCUT2D eigenvalue weighted by atomic mass is 10.2. The number of carbonyl (C=O) groups is 3. The Morgan fingerprint density at radius 1 is 1.00 bits per heavy atom. The molecular weight excluding hydrogens is 378 g/mol. The Morgan fingerprint density at radius 2 is 1.69 bits per heavy atom. The van der Waals surface area contributed by atoms with Crippen molar-refractivity contribution in [3.8, 4) is 0 Å². The van der Waals surface area contributed by atoms with Crippen molar-refractivity contribution in [2.45, 2.75) is 20.3 Å². The number of nitrogens with zero attached hydrogens (tertiary/aromatic N) is 2. The molecule has 10 nitrogen and oxygen atoms in total. The predicted octanol–water partition coefficient (Wildman–Crippen LogP) is 2.69. The van der Waals surface area contributed by atoms with E-state index in [1.54, 1.807) is 19.1 Å². The average molecular weight is 397 g/mol. The summed E-state index contributed by atoms with van der Waals surface area (Å²) in [7, 11) is 0. The number of nitro groups is 1. The highest BCUT2D eigenvalue weighted by Crippen LogP contribution is 2.17. The second-order valence-corrected chi connectivity index (χ2v) is 6.08. The van der Waals surface area contributed by atoms with Crippen molar-refractivity contribution in [1.82, 2.24) is 5.43 Å². The molecule has 0 unspecified atom stereocenters. The fraction of sp³-hybridized carbons (Fsp3) is 0.158. The van der Waals surface area contributed by atoms with Gasteiger partial charge in [0.1, 0.15) is 0 Å². The van der Waals surface area contributed by atoms with Gasteiger partial charge >= 0.3 is 0 Å². The SMILES string of the molecule is CC(=O)Nc1ccc(C(=O)N/N=C(\C)CC(=O)Nc2cccc([N+](=O)[O-])c2)cc1. The van der Waals surface area contributed by atoms with Gasteiger partial charge in [-0.05, 0) is 37.3 Å². The zero-order valence-electron chi connectivity index (χ0n) is 15.8. The van der Waals surface area contributed by atoms with Crippen molar-refractivity contribution in [2.75, 3.05) is 10.6 Å². The highest BCUT2D eigenvalue weighted by molar-refractivity contribution is 6.06. The molecule has 3 amide bonds. The van der Waals surface area contributed by atoms with Crippen molar-refractivity contribution >= 4 is 40.5 Å². The molecule has 0 heterocycles. The van der Waals surface area contributed by atoms with Gasteiger partial charge in [0.15, 0.2) is 0 Å². The van der Waals surface area contributed by atoms with E-state index in [0.717, 1.165) is 0 Å². The number of nitro benzene ring substituents is 1. The van der Waals surface area contributed by atoms with E-state index in [0.29, 0.717) is 22.6 Å². The molecule has 0 spiro atoms. The molecule has 0 aromatic heterocycles. The Bertz CT molecular complexity index is 969. The summed E-state index contributed by atoms with van der Waals surface area (Å²) in [5.74, 6) is -1.12. The number of non-ortho nitro benzene ring substituents is 1. The van der Waals surface area contributed by atoms with E-state index in [-0.39, 0.29) is 18.0 Å². The maximum atomic E-state index is 12.1. The summed E-state index contributed by atoms with van der Waals surface area (Å²) in [4.78, 5) is 45.3. The van der Waals surface area contributed by atoms with Crippen LogP contribution < -0.4 is 16.1 Å². The van der Waals surface area contributed by atoms with Gasteiger partial charge in [0.25, 0.3) is 11.6 Å². The number of hydrogen-bond acceptors (Lipinski definition) is 6. The molecule has 10 heteroatoms. The average Bonchev–Trinajstić information content (AvgIpc) is 2.66. The smallest absolute Gasteiger partial charge is 0.271 e. The zero-order chi connectivity index (χ0) is 21.4. The van der Waals surface area contributed by atoms with Gasteiger partial charge < -0.3 is 10.6 Å². The Balaban J connectivity index is 1.89. The molecule has 150 valence electrons. The van der Waals surface area contributed by atoms with Gasteiger partial charge in [-0.15, -0.1) is 0 Å². The Kier molecular flexibility index (Phi) is 7.13. The summed E-state index contributed by atoms with van der Waals surface area (Å²) in [5, 5.41) is 19.8. The maximum Gasteiger partial charge on any atom is 0.271 e. The minimum atomic E-state index is -0.555. The predicted molar refractivity (Wildman–Crippen MR) is 108 cm³/mol. The van der Waals surface area contributed by atoms with Crippen molar-refractivity contribution in [3.63, 3.8) is 0 Å². The summed E-state index contributed by atoms with van der Waals surface area (Å²) in [6.07, 6.45) is -0.107. The van der Waals surface area contributed by atoms with Crippen LogP contribution in [0.4, 0.5) is 17.1 Å². The van der Waals surface area contributed by atoms with Crippen LogP contribution in [0.15, 0.2) is 53.6 Å². The van der Waals surface area contributed by atoms with Crippen LogP contribution in [0.5, 0.6) is 0 Å². The van der Waals surface area contributed by atoms with Crippen LogP contribution in [-0.2, 0) is 9.59 Å². The van der Waals surface area contributed by atoms with Crippen LogP contribution in [0.2, 0.25) is 0 Å². The molecule has 0 aliphatic heterocycles. The lowest BCUT2D eigenvalue weighted by Crippen LogP contribution is -2.21. The molecule has 2 rings (SSSR count). The molecule has 0 fully saturated rings. The molecule has 0 saturated carbocycles. The molecule has 0 aliphatic carbocycles. The van der Waals surface area contributed by atoms with E-state index in [1.807, 2.05) is 0 Å². The number of nitrogens with one attached hydrogen (secondary N) is 3. The quantitative estimate of drug-likeness (QED) is 0.374. The third kappa shape index (κ3) is 6.86. The number of anilines is 2. The molecule has 0 aliphatic rings. The van der Waals surface area contributed by atoms with Crippen molar-refractivity contribution in [1.29, 1.82) is 0 Å². The molecular formula is C19H19N5O5. The summed E-state index contributed by atoms with van der Waals surface area (Å²) < 4.78 is 0. The first-order valence-corrected chi connectivity index (χ1v) is 8.50. The topological polar surface area (TPSA) is 143 Å². The van der Waals surface area contributed by atoms with E-state index in [2.05, 4.69) is 21.2 Å². The van der Waals surface area contributed by atoms with Crippen LogP contribution in [0, 0.1) is 10.1 Å². The first-order chi connectivity index (χ1) is 13.7. The van der Waals surface area contributed by atoms with Crippen molar-refractivity contribution < 1.29 is 19.3 Å². The highest BCUT2D eigenvalue weighted by Gasteiger charge is 2.10. The van der Waals surface area contributed by atoms with E-state index < -0.39 is 16.7 Å². The van der Waals surface area contributed by atoms with Gasteiger partial charge in [-0.25, -0.2) is 5.43 Å². The van der Waals surface area contributed by atoms with Crippen molar-refractivity contribution in [3.05, 3.63) is 64.2 Å². The lowest BCUT2D eigenvalue weighted by molar-refractivity contribution is -0.384. The van der Waals surface area contributed by atoms with Crippen LogP contribution in [-0.4, -0.2) is 28.4 Å². The molecule has 0 atom stereocenters. The molecule has 0 radical (unpaired) electrons. The first kappa shape index (κ1) is 21.2. The van der Waals surface area contributed by atoms with Gasteiger partial charge in [0, 0.05) is 41.7 Å². The van der Waals surface area contributed by atoms with Gasteiger partial charge in [-0.1, -0.05) is 6.07 Å². The molecule has 0 bridgehead atoms. The minimum absolute atomic E-state index is 0.107. The Labute approximate surface area is 166 Å². The van der Waals surface area contributed by atoms with Crippen LogP contribution in [0.1, 0.15) is 30.6 Å². The first-order valence-electron chi connectivity index (χ1n) is 8.50. The van der Waals surface area contributed by atoms with Crippen LogP contribution >= 0.6 is 0 Å². The second kappa shape index (κ2) is 9.74. The van der Waals surface area contributed by atoms with Gasteiger partial charge in [0.05, 0.1) is 11.3 Å². The zero-order valence-corrected chi connectivity index (χ0v) is 15.8. The number of rotatable bonds is 7. The van der Waals surface area contributed by atoms with Crippen molar-refractivity contribution in [2.24, 2.45) is 5.10 Å². The van der Waals surface area contributed by atoms with Gasteiger partial charge in [-0.3, -0.25) is 24.5 Å². The number of carbonyl (C=O) groups excluding carboxylic acids is 3. The minimum Gasteiger partial charge on any atom is -0.326 e. The molecule has 2 aromatic carbocycles. The maximum absolute atomic E-state index is 12.1. The summed E-state index contributed by atoms with van der Waals surface area (Å²) in [6.45, 7) is 2.94.